The summed E-state index contributed by atoms with van der Waals surface area (Å²) in [6, 6.07) is 7.66. The number of ether oxygens (including phenoxy) is 1. The number of nitrogens with zero attached hydrogens (tertiary/aromatic N) is 1. The van der Waals surface area contributed by atoms with E-state index in [2.05, 4.69) is 11.6 Å². The quantitative estimate of drug-likeness (QED) is 0.731. The summed E-state index contributed by atoms with van der Waals surface area (Å²) in [6.07, 6.45) is 0. The smallest absolute Gasteiger partial charge is 0.340 e. The summed E-state index contributed by atoms with van der Waals surface area (Å²) in [4.78, 5) is 15.8. The van der Waals surface area contributed by atoms with Gasteiger partial charge >= 0.3 is 5.97 Å². The Kier molecular flexibility index (Phi) is 2.62. The van der Waals surface area contributed by atoms with Crippen molar-refractivity contribution in [3.8, 4) is 0 Å². The van der Waals surface area contributed by atoms with Gasteiger partial charge in [-0.1, -0.05) is 24.3 Å². The zero-order valence-electron chi connectivity index (χ0n) is 10.3. The lowest BCUT2D eigenvalue weighted by Crippen LogP contribution is -2.25. The molecule has 2 rings (SSSR count). The molecule has 0 radical (unpaired) electrons. The molecule has 1 aliphatic rings. The third kappa shape index (κ3) is 2.13. The number of esters is 1. The van der Waals surface area contributed by atoms with Crippen LogP contribution in [0.4, 0.5) is 0 Å². The molecule has 1 aromatic carbocycles. The molecule has 1 aliphatic heterocycles. The molecule has 0 N–H and O–H groups in total. The fourth-order valence-corrected chi connectivity index (χ4v) is 1.56. The van der Waals surface area contributed by atoms with Crippen molar-refractivity contribution in [2.45, 2.75) is 26.3 Å². The van der Waals surface area contributed by atoms with E-state index in [0.29, 0.717) is 5.90 Å². The molecule has 0 aromatic heterocycles. The zero-order valence-corrected chi connectivity index (χ0v) is 10.3. The van der Waals surface area contributed by atoms with Crippen LogP contribution in [-0.4, -0.2) is 17.4 Å². The average molecular weight is 229 g/mol. The number of rotatable bonds is 2. The van der Waals surface area contributed by atoms with Gasteiger partial charge in [-0.15, -0.1) is 0 Å². The average Bonchev–Trinajstić information content (AvgIpc) is 2.54. The molecule has 0 saturated carbocycles. The van der Waals surface area contributed by atoms with Gasteiger partial charge < -0.3 is 4.74 Å². The standard InChI is InChI=1S/C14H15NO2/c1-9(2)10-5-7-11(8-6-10)12-15-14(3,4)13(16)17-12/h5-8H,1H2,2-4H3. The van der Waals surface area contributed by atoms with Crippen molar-refractivity contribution in [1.29, 1.82) is 0 Å². The van der Waals surface area contributed by atoms with Crippen LogP contribution < -0.4 is 0 Å². The highest BCUT2D eigenvalue weighted by molar-refractivity contribution is 6.07. The molecule has 3 nitrogen and oxygen atoms in total. The summed E-state index contributed by atoms with van der Waals surface area (Å²) in [5, 5.41) is 0. The monoisotopic (exact) mass is 229 g/mol. The van der Waals surface area contributed by atoms with E-state index in [9.17, 15) is 4.79 Å². The predicted octanol–water partition coefficient (Wildman–Crippen LogP) is 2.80. The van der Waals surface area contributed by atoms with E-state index in [1.807, 2.05) is 31.2 Å². The van der Waals surface area contributed by atoms with Crippen LogP contribution in [-0.2, 0) is 9.53 Å². The minimum Gasteiger partial charge on any atom is -0.405 e. The molecule has 0 atom stereocenters. The van der Waals surface area contributed by atoms with Gasteiger partial charge in [-0.3, -0.25) is 0 Å². The van der Waals surface area contributed by atoms with E-state index in [-0.39, 0.29) is 5.97 Å². The van der Waals surface area contributed by atoms with Crippen molar-refractivity contribution < 1.29 is 9.53 Å². The molecule has 17 heavy (non-hydrogen) atoms. The highest BCUT2D eigenvalue weighted by atomic mass is 16.6. The Balaban J connectivity index is 2.31. The zero-order chi connectivity index (χ0) is 12.6. The molecule has 0 aliphatic carbocycles. The molecule has 0 saturated heterocycles. The molecular weight excluding hydrogens is 214 g/mol. The van der Waals surface area contributed by atoms with E-state index in [1.165, 1.54) is 0 Å². The predicted molar refractivity (Wildman–Crippen MR) is 67.9 cm³/mol. The van der Waals surface area contributed by atoms with Crippen LogP contribution in [0.1, 0.15) is 31.9 Å². The van der Waals surface area contributed by atoms with Crippen LogP contribution in [0.5, 0.6) is 0 Å². The third-order valence-electron chi connectivity index (χ3n) is 2.69. The fourth-order valence-electron chi connectivity index (χ4n) is 1.56. The largest absolute Gasteiger partial charge is 0.405 e. The second-order valence-corrected chi connectivity index (χ2v) is 4.72. The second-order valence-electron chi connectivity index (χ2n) is 4.72. The Morgan fingerprint density at radius 3 is 2.29 bits per heavy atom. The van der Waals surface area contributed by atoms with Gasteiger partial charge in [-0.25, -0.2) is 9.79 Å². The van der Waals surface area contributed by atoms with E-state index < -0.39 is 5.54 Å². The van der Waals surface area contributed by atoms with Crippen LogP contribution in [0, 0.1) is 0 Å². The van der Waals surface area contributed by atoms with Crippen molar-refractivity contribution in [2.75, 3.05) is 0 Å². The Bertz CT molecular complexity index is 510. The van der Waals surface area contributed by atoms with Crippen molar-refractivity contribution in [2.24, 2.45) is 4.99 Å². The van der Waals surface area contributed by atoms with Crippen molar-refractivity contribution in [1.82, 2.24) is 0 Å². The van der Waals surface area contributed by atoms with Gasteiger partial charge in [0.2, 0.25) is 5.90 Å². The lowest BCUT2D eigenvalue weighted by molar-refractivity contribution is -0.137. The SMILES string of the molecule is C=C(C)c1ccc(C2=NC(C)(C)C(=O)O2)cc1. The van der Waals surface area contributed by atoms with Gasteiger partial charge in [0.1, 0.15) is 0 Å². The second kappa shape index (κ2) is 3.84. The number of carbonyl (C=O) groups excluding carboxylic acids is 1. The van der Waals surface area contributed by atoms with Crippen molar-refractivity contribution in [3.63, 3.8) is 0 Å². The van der Waals surface area contributed by atoms with Crippen molar-refractivity contribution >= 4 is 17.4 Å². The molecule has 0 amide bonds. The van der Waals surface area contributed by atoms with Crippen LogP contribution in [0.15, 0.2) is 35.8 Å². The maximum Gasteiger partial charge on any atom is 0.340 e. The molecule has 88 valence electrons. The Morgan fingerprint density at radius 1 is 1.29 bits per heavy atom. The van der Waals surface area contributed by atoms with Crippen molar-refractivity contribution in [3.05, 3.63) is 42.0 Å². The van der Waals surface area contributed by atoms with E-state index in [4.69, 9.17) is 4.74 Å². The van der Waals surface area contributed by atoms with E-state index in [0.717, 1.165) is 16.7 Å². The van der Waals surface area contributed by atoms with Gasteiger partial charge in [0.15, 0.2) is 5.54 Å². The molecule has 0 spiro atoms. The number of hydrogen-bond acceptors (Lipinski definition) is 3. The minimum absolute atomic E-state index is 0.309. The number of aliphatic imine (C=N–C) groups is 1. The number of benzene rings is 1. The summed E-state index contributed by atoms with van der Waals surface area (Å²) in [5.74, 6) is 0.0877. The molecule has 0 bridgehead atoms. The van der Waals surface area contributed by atoms with E-state index >= 15 is 0 Å². The summed E-state index contributed by atoms with van der Waals surface area (Å²) in [7, 11) is 0. The van der Waals surface area contributed by atoms with Crippen LogP contribution in [0.25, 0.3) is 5.57 Å². The first-order valence-electron chi connectivity index (χ1n) is 5.48. The first-order valence-corrected chi connectivity index (χ1v) is 5.48. The van der Waals surface area contributed by atoms with Crippen LogP contribution in [0.2, 0.25) is 0 Å². The van der Waals surface area contributed by atoms with Gasteiger partial charge in [0, 0.05) is 5.56 Å². The highest BCUT2D eigenvalue weighted by Gasteiger charge is 2.37. The first kappa shape index (κ1) is 11.6. The molecule has 0 unspecified atom stereocenters. The molecular formula is C14H15NO2. The maximum atomic E-state index is 11.5. The number of carbonyl (C=O) groups is 1. The topological polar surface area (TPSA) is 38.7 Å². The summed E-state index contributed by atoms with van der Waals surface area (Å²) in [5.41, 5.74) is 2.11. The summed E-state index contributed by atoms with van der Waals surface area (Å²) >= 11 is 0. The maximum absolute atomic E-state index is 11.5. The number of hydrogen-bond donors (Lipinski definition) is 0. The lowest BCUT2D eigenvalue weighted by Gasteiger charge is -2.05. The van der Waals surface area contributed by atoms with Gasteiger partial charge in [0.25, 0.3) is 0 Å². The van der Waals surface area contributed by atoms with Gasteiger partial charge in [-0.2, -0.15) is 0 Å². The molecule has 1 heterocycles. The highest BCUT2D eigenvalue weighted by Crippen LogP contribution is 2.23. The number of cyclic esters (lactones) is 1. The minimum atomic E-state index is -0.775. The van der Waals surface area contributed by atoms with Gasteiger partial charge in [-0.05, 0) is 38.5 Å². The first-order chi connectivity index (χ1) is 7.90. The fraction of sp³-hybridized carbons (Fsp3) is 0.286. The van der Waals surface area contributed by atoms with Crippen LogP contribution >= 0.6 is 0 Å². The summed E-state index contributed by atoms with van der Waals surface area (Å²) < 4.78 is 5.15. The van der Waals surface area contributed by atoms with Crippen LogP contribution in [0.3, 0.4) is 0 Å². The Labute approximate surface area is 101 Å². The molecule has 0 fully saturated rings. The Hall–Kier alpha value is -1.90. The normalized spacial score (nSPS) is 17.6. The third-order valence-corrected chi connectivity index (χ3v) is 2.69. The lowest BCUT2D eigenvalue weighted by atomic mass is 10.1. The summed E-state index contributed by atoms with van der Waals surface area (Å²) in [6.45, 7) is 9.30. The Morgan fingerprint density at radius 2 is 1.88 bits per heavy atom. The molecule has 3 heteroatoms. The number of allylic oxidation sites excluding steroid dienone is 1. The molecule has 1 aromatic rings. The van der Waals surface area contributed by atoms with Gasteiger partial charge in [0.05, 0.1) is 0 Å². The van der Waals surface area contributed by atoms with E-state index in [1.54, 1.807) is 13.8 Å².